The van der Waals surface area contributed by atoms with Gasteiger partial charge in [0.15, 0.2) is 0 Å². The highest BCUT2D eigenvalue weighted by Gasteiger charge is 2.02. The SMILES string of the molecule is CC(C)CS(=O)NCCc1cccc(O)c1. The van der Waals surface area contributed by atoms with Gasteiger partial charge in [0.1, 0.15) is 5.75 Å². The molecule has 16 heavy (non-hydrogen) atoms. The average molecular weight is 241 g/mol. The number of aromatic hydroxyl groups is 1. The summed E-state index contributed by atoms with van der Waals surface area (Å²) >= 11 is 0. The van der Waals surface area contributed by atoms with Gasteiger partial charge >= 0.3 is 0 Å². The smallest absolute Gasteiger partial charge is 0.115 e. The summed E-state index contributed by atoms with van der Waals surface area (Å²) in [6.07, 6.45) is 0.776. The Kier molecular flexibility index (Phi) is 5.49. The van der Waals surface area contributed by atoms with E-state index in [1.165, 1.54) is 0 Å². The molecule has 0 radical (unpaired) electrons. The molecule has 2 N–H and O–H groups in total. The highest BCUT2D eigenvalue weighted by atomic mass is 32.2. The van der Waals surface area contributed by atoms with Crippen LogP contribution in [0, 0.1) is 5.92 Å². The van der Waals surface area contributed by atoms with Crippen molar-refractivity contribution < 1.29 is 9.32 Å². The van der Waals surface area contributed by atoms with E-state index >= 15 is 0 Å². The number of hydrogen-bond donors (Lipinski definition) is 2. The van der Waals surface area contributed by atoms with Crippen molar-refractivity contribution in [1.82, 2.24) is 4.72 Å². The van der Waals surface area contributed by atoms with E-state index in [4.69, 9.17) is 0 Å². The van der Waals surface area contributed by atoms with Crippen molar-refractivity contribution in [3.63, 3.8) is 0 Å². The Morgan fingerprint density at radius 2 is 2.19 bits per heavy atom. The third-order valence-electron chi connectivity index (χ3n) is 2.07. The van der Waals surface area contributed by atoms with Crippen LogP contribution in [0.25, 0.3) is 0 Å². The monoisotopic (exact) mass is 241 g/mol. The maximum atomic E-state index is 11.5. The van der Waals surface area contributed by atoms with Crippen LogP contribution >= 0.6 is 0 Å². The number of nitrogens with one attached hydrogen (secondary N) is 1. The van der Waals surface area contributed by atoms with E-state index in [1.807, 2.05) is 12.1 Å². The number of hydrogen-bond acceptors (Lipinski definition) is 2. The molecule has 0 fully saturated rings. The van der Waals surface area contributed by atoms with Crippen LogP contribution in [0.2, 0.25) is 0 Å². The molecule has 90 valence electrons. The largest absolute Gasteiger partial charge is 0.508 e. The highest BCUT2D eigenvalue weighted by Crippen LogP contribution is 2.10. The normalized spacial score (nSPS) is 12.9. The van der Waals surface area contributed by atoms with Crippen molar-refractivity contribution in [2.45, 2.75) is 20.3 Å². The van der Waals surface area contributed by atoms with E-state index in [0.717, 1.165) is 12.0 Å². The van der Waals surface area contributed by atoms with Gasteiger partial charge in [-0.15, -0.1) is 0 Å². The molecule has 1 rings (SSSR count). The Hall–Kier alpha value is -0.870. The number of rotatable bonds is 6. The number of benzene rings is 1. The molecule has 1 aromatic rings. The average Bonchev–Trinajstić information content (AvgIpc) is 2.16. The van der Waals surface area contributed by atoms with Gasteiger partial charge in [-0.3, -0.25) is 0 Å². The van der Waals surface area contributed by atoms with E-state index in [2.05, 4.69) is 18.6 Å². The van der Waals surface area contributed by atoms with E-state index in [-0.39, 0.29) is 5.75 Å². The van der Waals surface area contributed by atoms with Crippen LogP contribution in [0.15, 0.2) is 24.3 Å². The minimum atomic E-state index is -0.942. The minimum absolute atomic E-state index is 0.279. The van der Waals surface area contributed by atoms with Gasteiger partial charge in [-0.25, -0.2) is 8.93 Å². The van der Waals surface area contributed by atoms with Crippen molar-refractivity contribution in [3.8, 4) is 5.75 Å². The van der Waals surface area contributed by atoms with Crippen LogP contribution in [0.5, 0.6) is 5.75 Å². The molecule has 0 bridgehead atoms. The van der Waals surface area contributed by atoms with Crippen molar-refractivity contribution in [2.75, 3.05) is 12.3 Å². The number of phenolic OH excluding ortho intramolecular Hbond substituents is 1. The lowest BCUT2D eigenvalue weighted by molar-refractivity contribution is 0.474. The molecule has 0 aromatic heterocycles. The molecule has 0 spiro atoms. The van der Waals surface area contributed by atoms with Crippen molar-refractivity contribution in [2.24, 2.45) is 5.92 Å². The van der Waals surface area contributed by atoms with Crippen LogP contribution in [-0.2, 0) is 17.4 Å². The van der Waals surface area contributed by atoms with Gasteiger partial charge in [0.05, 0.1) is 11.0 Å². The molecular weight excluding hydrogens is 222 g/mol. The molecule has 0 saturated heterocycles. The first-order valence-corrected chi connectivity index (χ1v) is 6.79. The standard InChI is InChI=1S/C12H19NO2S/c1-10(2)9-16(15)13-7-6-11-4-3-5-12(14)8-11/h3-5,8,10,13-14H,6-7,9H2,1-2H3. The summed E-state index contributed by atoms with van der Waals surface area (Å²) < 4.78 is 14.4. The fourth-order valence-corrected chi connectivity index (χ4v) is 2.44. The lowest BCUT2D eigenvalue weighted by atomic mass is 10.1. The molecule has 0 aliphatic carbocycles. The molecule has 0 aliphatic rings. The summed E-state index contributed by atoms with van der Waals surface area (Å²) in [5.41, 5.74) is 1.05. The lowest BCUT2D eigenvalue weighted by Crippen LogP contribution is -2.24. The molecule has 1 atom stereocenters. The number of phenols is 1. The second-order valence-electron chi connectivity index (χ2n) is 4.22. The van der Waals surface area contributed by atoms with Gasteiger partial charge in [-0.05, 0) is 30.0 Å². The topological polar surface area (TPSA) is 49.3 Å². The van der Waals surface area contributed by atoms with Gasteiger partial charge in [0, 0.05) is 12.3 Å². The van der Waals surface area contributed by atoms with E-state index in [0.29, 0.717) is 18.2 Å². The van der Waals surface area contributed by atoms with Crippen molar-refractivity contribution in [1.29, 1.82) is 0 Å². The summed E-state index contributed by atoms with van der Waals surface area (Å²) in [5.74, 6) is 1.40. The van der Waals surface area contributed by atoms with Gasteiger partial charge in [0.2, 0.25) is 0 Å². The molecule has 3 nitrogen and oxygen atoms in total. The van der Waals surface area contributed by atoms with Crippen LogP contribution in [-0.4, -0.2) is 21.6 Å². The summed E-state index contributed by atoms with van der Waals surface area (Å²) in [6, 6.07) is 7.14. The zero-order valence-electron chi connectivity index (χ0n) is 9.77. The Bertz CT molecular complexity index is 353. The Morgan fingerprint density at radius 3 is 2.81 bits per heavy atom. The summed E-state index contributed by atoms with van der Waals surface area (Å²) in [4.78, 5) is 0. The molecular formula is C12H19NO2S. The van der Waals surface area contributed by atoms with Crippen molar-refractivity contribution in [3.05, 3.63) is 29.8 Å². The molecule has 0 saturated carbocycles. The van der Waals surface area contributed by atoms with Gasteiger partial charge in [0.25, 0.3) is 0 Å². The second-order valence-corrected chi connectivity index (χ2v) is 5.53. The zero-order chi connectivity index (χ0) is 12.0. The molecule has 4 heteroatoms. The summed E-state index contributed by atoms with van der Waals surface area (Å²) in [5, 5.41) is 9.26. The van der Waals surface area contributed by atoms with Crippen LogP contribution in [0.4, 0.5) is 0 Å². The summed E-state index contributed by atoms with van der Waals surface area (Å²) in [6.45, 7) is 4.77. The maximum absolute atomic E-state index is 11.5. The molecule has 0 heterocycles. The van der Waals surface area contributed by atoms with Gasteiger partial charge in [-0.1, -0.05) is 26.0 Å². The fourth-order valence-electron chi connectivity index (χ4n) is 1.38. The predicted octanol–water partition coefficient (Wildman–Crippen LogP) is 1.84. The first-order valence-electron chi connectivity index (χ1n) is 5.47. The van der Waals surface area contributed by atoms with Gasteiger partial charge < -0.3 is 5.11 Å². The van der Waals surface area contributed by atoms with Crippen molar-refractivity contribution >= 4 is 11.0 Å². The molecule has 0 aliphatic heterocycles. The Balaban J connectivity index is 2.28. The van der Waals surface area contributed by atoms with Crippen LogP contribution in [0.1, 0.15) is 19.4 Å². The third kappa shape index (κ3) is 5.28. The first-order chi connectivity index (χ1) is 7.58. The quantitative estimate of drug-likeness (QED) is 0.798. The third-order valence-corrected chi connectivity index (χ3v) is 3.57. The summed E-state index contributed by atoms with van der Waals surface area (Å²) in [7, 11) is -0.942. The minimum Gasteiger partial charge on any atom is -0.508 e. The predicted molar refractivity (Wildman–Crippen MR) is 67.7 cm³/mol. The molecule has 1 aromatic carbocycles. The second kappa shape index (κ2) is 6.66. The molecule has 0 amide bonds. The first kappa shape index (κ1) is 13.2. The van der Waals surface area contributed by atoms with E-state index in [9.17, 15) is 9.32 Å². The lowest BCUT2D eigenvalue weighted by Gasteiger charge is -2.07. The Labute approximate surface area is 99.5 Å². The van der Waals surface area contributed by atoms with Crippen LogP contribution in [0.3, 0.4) is 0 Å². The zero-order valence-corrected chi connectivity index (χ0v) is 10.6. The fraction of sp³-hybridized carbons (Fsp3) is 0.500. The Morgan fingerprint density at radius 1 is 1.44 bits per heavy atom. The van der Waals surface area contributed by atoms with E-state index in [1.54, 1.807) is 12.1 Å². The molecule has 1 unspecified atom stereocenters. The van der Waals surface area contributed by atoms with Crippen LogP contribution < -0.4 is 4.72 Å². The van der Waals surface area contributed by atoms with Gasteiger partial charge in [-0.2, -0.15) is 0 Å². The highest BCUT2D eigenvalue weighted by molar-refractivity contribution is 7.83. The maximum Gasteiger partial charge on any atom is 0.115 e. The van der Waals surface area contributed by atoms with E-state index < -0.39 is 11.0 Å².